The van der Waals surface area contributed by atoms with E-state index in [0.29, 0.717) is 45.1 Å². The minimum atomic E-state index is 0.156. The van der Waals surface area contributed by atoms with Gasteiger partial charge in [0.15, 0.2) is 5.96 Å². The van der Waals surface area contributed by atoms with E-state index in [1.165, 1.54) is 0 Å². The summed E-state index contributed by atoms with van der Waals surface area (Å²) in [4.78, 5) is 29.6. The Morgan fingerprint density at radius 3 is 2.57 bits per heavy atom. The van der Waals surface area contributed by atoms with Gasteiger partial charge in [0.2, 0.25) is 11.9 Å². The molecule has 0 atom stereocenters. The van der Waals surface area contributed by atoms with Crippen molar-refractivity contribution in [2.24, 2.45) is 10.9 Å². The summed E-state index contributed by atoms with van der Waals surface area (Å²) in [6.07, 6.45) is 4.99. The van der Waals surface area contributed by atoms with Gasteiger partial charge in [-0.15, -0.1) is 0 Å². The van der Waals surface area contributed by atoms with Crippen LogP contribution in [-0.2, 0) is 9.53 Å². The van der Waals surface area contributed by atoms with Crippen LogP contribution in [0.2, 0.25) is 0 Å². The molecule has 2 heterocycles. The maximum Gasteiger partial charge on any atom is 0.225 e. The molecule has 1 saturated heterocycles. The molecule has 0 bridgehead atoms. The smallest absolute Gasteiger partial charge is 0.225 e. The Bertz CT molecular complexity index is 632. The van der Waals surface area contributed by atoms with Gasteiger partial charge in [-0.2, -0.15) is 0 Å². The number of aliphatic imine (C=N–C) groups is 1. The van der Waals surface area contributed by atoms with Crippen molar-refractivity contribution in [1.82, 2.24) is 25.5 Å². The van der Waals surface area contributed by atoms with Crippen LogP contribution in [0.3, 0.4) is 0 Å². The Labute approximate surface area is 180 Å². The first-order valence-electron chi connectivity index (χ1n) is 11.0. The molecule has 1 aromatic rings. The van der Waals surface area contributed by atoms with E-state index in [4.69, 9.17) is 4.74 Å². The van der Waals surface area contributed by atoms with Crippen molar-refractivity contribution in [2.75, 3.05) is 63.9 Å². The summed E-state index contributed by atoms with van der Waals surface area (Å²) in [5.41, 5.74) is 0. The predicted octanol–water partition coefficient (Wildman–Crippen LogP) is 1.13. The third kappa shape index (κ3) is 8.94. The molecule has 0 saturated carbocycles. The van der Waals surface area contributed by atoms with E-state index < -0.39 is 0 Å². The Hall–Kier alpha value is -2.42. The second-order valence-corrected chi connectivity index (χ2v) is 7.65. The summed E-state index contributed by atoms with van der Waals surface area (Å²) in [5, 5.41) is 6.45. The van der Waals surface area contributed by atoms with Gasteiger partial charge in [0.1, 0.15) is 0 Å². The zero-order valence-electron chi connectivity index (χ0n) is 18.6. The highest BCUT2D eigenvalue weighted by Crippen LogP contribution is 2.10. The summed E-state index contributed by atoms with van der Waals surface area (Å²) in [6.45, 7) is 12.6. The SMILES string of the molecule is CCNC(=NCCOCCC(C)C)NCCC(=O)N1CCN(c2ncccn2)CC1. The number of guanidine groups is 1. The quantitative estimate of drug-likeness (QED) is 0.315. The molecule has 168 valence electrons. The first-order valence-corrected chi connectivity index (χ1v) is 11.0. The van der Waals surface area contributed by atoms with Crippen LogP contribution in [0.5, 0.6) is 0 Å². The van der Waals surface area contributed by atoms with Crippen molar-refractivity contribution in [3.8, 4) is 0 Å². The van der Waals surface area contributed by atoms with Crippen LogP contribution in [0, 0.1) is 5.92 Å². The van der Waals surface area contributed by atoms with Crippen molar-refractivity contribution in [2.45, 2.75) is 33.6 Å². The van der Waals surface area contributed by atoms with E-state index in [2.05, 4.69) is 44.3 Å². The molecule has 9 heteroatoms. The number of hydrogen-bond acceptors (Lipinski definition) is 6. The maximum absolute atomic E-state index is 12.5. The number of carbonyl (C=O) groups is 1. The average molecular weight is 420 g/mol. The molecule has 1 fully saturated rings. The van der Waals surface area contributed by atoms with Crippen LogP contribution in [-0.4, -0.2) is 85.8 Å². The van der Waals surface area contributed by atoms with Crippen LogP contribution in [0.1, 0.15) is 33.6 Å². The zero-order valence-corrected chi connectivity index (χ0v) is 18.6. The molecule has 9 nitrogen and oxygen atoms in total. The highest BCUT2D eigenvalue weighted by Gasteiger charge is 2.22. The number of rotatable bonds is 11. The summed E-state index contributed by atoms with van der Waals surface area (Å²) in [5.74, 6) is 2.26. The average Bonchev–Trinajstić information content (AvgIpc) is 2.76. The molecule has 0 aliphatic carbocycles. The van der Waals surface area contributed by atoms with Crippen LogP contribution in [0.4, 0.5) is 5.95 Å². The molecular formula is C21H37N7O2. The molecule has 1 aliphatic heterocycles. The third-order valence-electron chi connectivity index (χ3n) is 4.79. The minimum absolute atomic E-state index is 0.156. The molecule has 2 N–H and O–H groups in total. The number of amides is 1. The summed E-state index contributed by atoms with van der Waals surface area (Å²) in [6, 6.07) is 1.81. The normalized spacial score (nSPS) is 14.9. The fourth-order valence-corrected chi connectivity index (χ4v) is 3.04. The standard InChI is InChI=1S/C21H37N7O2/c1-4-22-20(24-11-17-30-16-7-18(2)3)23-10-6-19(29)27-12-14-28(15-13-27)21-25-8-5-9-26-21/h5,8-9,18H,4,6-7,10-17H2,1-3H3,(H2,22,23,24). The van der Waals surface area contributed by atoms with Crippen molar-refractivity contribution < 1.29 is 9.53 Å². The van der Waals surface area contributed by atoms with Gasteiger partial charge in [0.25, 0.3) is 0 Å². The lowest BCUT2D eigenvalue weighted by Crippen LogP contribution is -2.50. The number of ether oxygens (including phenoxy) is 1. The zero-order chi connectivity index (χ0) is 21.6. The molecule has 0 unspecified atom stereocenters. The molecule has 0 aromatic carbocycles. The van der Waals surface area contributed by atoms with E-state index in [1.54, 1.807) is 18.5 Å². The number of carbonyl (C=O) groups excluding carboxylic acids is 1. The van der Waals surface area contributed by atoms with Gasteiger partial charge in [-0.3, -0.25) is 9.79 Å². The van der Waals surface area contributed by atoms with Crippen LogP contribution in [0.25, 0.3) is 0 Å². The highest BCUT2D eigenvalue weighted by atomic mass is 16.5. The largest absolute Gasteiger partial charge is 0.380 e. The lowest BCUT2D eigenvalue weighted by atomic mass is 10.1. The molecular weight excluding hydrogens is 382 g/mol. The molecule has 2 rings (SSSR count). The van der Waals surface area contributed by atoms with Gasteiger partial charge in [-0.05, 0) is 25.3 Å². The predicted molar refractivity (Wildman–Crippen MR) is 120 cm³/mol. The topological polar surface area (TPSA) is 95.0 Å². The lowest BCUT2D eigenvalue weighted by molar-refractivity contribution is -0.131. The van der Waals surface area contributed by atoms with Gasteiger partial charge in [0.05, 0.1) is 13.2 Å². The number of nitrogens with one attached hydrogen (secondary N) is 2. The second kappa shape index (κ2) is 13.7. The molecule has 1 aromatic heterocycles. The van der Waals surface area contributed by atoms with Gasteiger partial charge >= 0.3 is 0 Å². The summed E-state index contributed by atoms with van der Waals surface area (Å²) in [7, 11) is 0. The van der Waals surface area contributed by atoms with Gasteiger partial charge in [-0.25, -0.2) is 9.97 Å². The molecule has 0 radical (unpaired) electrons. The van der Waals surface area contributed by atoms with E-state index in [9.17, 15) is 4.79 Å². The van der Waals surface area contributed by atoms with E-state index in [0.717, 1.165) is 44.6 Å². The van der Waals surface area contributed by atoms with Crippen LogP contribution < -0.4 is 15.5 Å². The number of aromatic nitrogens is 2. The molecule has 0 spiro atoms. The van der Waals surface area contributed by atoms with Crippen LogP contribution >= 0.6 is 0 Å². The Morgan fingerprint density at radius 1 is 1.17 bits per heavy atom. The Balaban J connectivity index is 1.64. The van der Waals surface area contributed by atoms with E-state index in [1.807, 2.05) is 11.8 Å². The first-order chi connectivity index (χ1) is 14.6. The first kappa shape index (κ1) is 23.9. The fourth-order valence-electron chi connectivity index (χ4n) is 3.04. The Morgan fingerprint density at radius 2 is 1.90 bits per heavy atom. The molecule has 1 amide bonds. The molecule has 1 aliphatic rings. The minimum Gasteiger partial charge on any atom is -0.380 e. The van der Waals surface area contributed by atoms with Crippen molar-refractivity contribution in [3.05, 3.63) is 18.5 Å². The van der Waals surface area contributed by atoms with Gasteiger partial charge in [0, 0.05) is 64.7 Å². The van der Waals surface area contributed by atoms with Gasteiger partial charge in [-0.1, -0.05) is 13.8 Å². The highest BCUT2D eigenvalue weighted by molar-refractivity contribution is 5.81. The third-order valence-corrected chi connectivity index (χ3v) is 4.79. The van der Waals surface area contributed by atoms with Crippen molar-refractivity contribution in [1.29, 1.82) is 0 Å². The van der Waals surface area contributed by atoms with Crippen molar-refractivity contribution in [3.63, 3.8) is 0 Å². The fraction of sp³-hybridized carbons (Fsp3) is 0.714. The lowest BCUT2D eigenvalue weighted by Gasteiger charge is -2.34. The van der Waals surface area contributed by atoms with Gasteiger partial charge < -0.3 is 25.2 Å². The van der Waals surface area contributed by atoms with Crippen LogP contribution in [0.15, 0.2) is 23.5 Å². The van der Waals surface area contributed by atoms with Crippen molar-refractivity contribution >= 4 is 17.8 Å². The maximum atomic E-state index is 12.5. The number of piperazine rings is 1. The number of nitrogens with zero attached hydrogens (tertiary/aromatic N) is 5. The molecule has 30 heavy (non-hydrogen) atoms. The number of hydrogen-bond donors (Lipinski definition) is 2. The summed E-state index contributed by atoms with van der Waals surface area (Å²) < 4.78 is 5.60. The Kier molecular flexibility index (Phi) is 10.9. The van der Waals surface area contributed by atoms with E-state index in [-0.39, 0.29) is 5.91 Å². The number of anilines is 1. The summed E-state index contributed by atoms with van der Waals surface area (Å²) >= 11 is 0. The van der Waals surface area contributed by atoms with E-state index >= 15 is 0 Å². The monoisotopic (exact) mass is 419 g/mol. The second-order valence-electron chi connectivity index (χ2n) is 7.65.